The van der Waals surface area contributed by atoms with Gasteiger partial charge in [-0.05, 0) is 31.4 Å². The first-order chi connectivity index (χ1) is 9.13. The molecule has 1 atom stereocenters. The highest BCUT2D eigenvalue weighted by atomic mass is 16.4. The molecule has 0 unspecified atom stereocenters. The first kappa shape index (κ1) is 13.6. The topological polar surface area (TPSA) is 91.6 Å². The SMILES string of the molecule is O=C(N[C@H](CCO)C(=O)O)c1cccn1C1CCC1. The van der Waals surface area contributed by atoms with Crippen molar-refractivity contribution in [2.75, 3.05) is 6.61 Å². The second kappa shape index (κ2) is 5.88. The molecule has 1 heterocycles. The van der Waals surface area contributed by atoms with Crippen molar-refractivity contribution in [1.82, 2.24) is 9.88 Å². The Morgan fingerprint density at radius 1 is 1.47 bits per heavy atom. The van der Waals surface area contributed by atoms with Gasteiger partial charge in [-0.1, -0.05) is 0 Å². The Bertz CT molecular complexity index is 465. The van der Waals surface area contributed by atoms with Crippen molar-refractivity contribution in [3.8, 4) is 0 Å². The van der Waals surface area contributed by atoms with Crippen LogP contribution in [0.25, 0.3) is 0 Å². The lowest BCUT2D eigenvalue weighted by Crippen LogP contribution is -2.42. The fourth-order valence-electron chi connectivity index (χ4n) is 2.19. The minimum Gasteiger partial charge on any atom is -0.480 e. The van der Waals surface area contributed by atoms with E-state index in [1.807, 2.05) is 10.8 Å². The first-order valence-electron chi connectivity index (χ1n) is 6.45. The van der Waals surface area contributed by atoms with Crippen LogP contribution in [-0.2, 0) is 4.79 Å². The molecule has 19 heavy (non-hydrogen) atoms. The summed E-state index contributed by atoms with van der Waals surface area (Å²) >= 11 is 0. The number of aliphatic hydroxyl groups excluding tert-OH is 1. The summed E-state index contributed by atoms with van der Waals surface area (Å²) in [6.07, 6.45) is 5.11. The van der Waals surface area contributed by atoms with Gasteiger partial charge in [0.2, 0.25) is 0 Å². The standard InChI is InChI=1S/C13H18N2O4/c16-8-6-10(13(18)19)14-12(17)11-5-2-7-15(11)9-3-1-4-9/h2,5,7,9-10,16H,1,3-4,6,8H2,(H,14,17)(H,18,19)/t10-/m1/s1. The molecule has 0 radical (unpaired) electrons. The fraction of sp³-hybridized carbons (Fsp3) is 0.538. The van der Waals surface area contributed by atoms with E-state index < -0.39 is 17.9 Å². The Kier molecular flexibility index (Phi) is 4.21. The van der Waals surface area contributed by atoms with Gasteiger partial charge in [0.1, 0.15) is 11.7 Å². The third-order valence-corrected chi connectivity index (χ3v) is 3.50. The molecule has 2 rings (SSSR count). The summed E-state index contributed by atoms with van der Waals surface area (Å²) in [5.74, 6) is -1.54. The minimum absolute atomic E-state index is 0.00517. The van der Waals surface area contributed by atoms with Crippen molar-refractivity contribution in [3.63, 3.8) is 0 Å². The predicted octanol–water partition coefficient (Wildman–Crippen LogP) is 0.778. The van der Waals surface area contributed by atoms with Gasteiger partial charge in [0, 0.05) is 25.3 Å². The van der Waals surface area contributed by atoms with Crippen molar-refractivity contribution in [2.45, 2.75) is 37.8 Å². The summed E-state index contributed by atoms with van der Waals surface area (Å²) in [5, 5.41) is 20.2. The summed E-state index contributed by atoms with van der Waals surface area (Å²) in [6, 6.07) is 2.76. The molecule has 104 valence electrons. The Balaban J connectivity index is 2.06. The van der Waals surface area contributed by atoms with E-state index in [-0.39, 0.29) is 13.0 Å². The molecule has 1 aliphatic rings. The molecule has 1 aromatic rings. The van der Waals surface area contributed by atoms with Gasteiger partial charge in [-0.3, -0.25) is 4.79 Å². The second-order valence-corrected chi connectivity index (χ2v) is 4.76. The molecule has 1 fully saturated rings. The number of carbonyl (C=O) groups is 2. The Hall–Kier alpha value is -1.82. The lowest BCUT2D eigenvalue weighted by atomic mass is 9.93. The number of hydrogen-bond donors (Lipinski definition) is 3. The Morgan fingerprint density at radius 3 is 2.74 bits per heavy atom. The first-order valence-corrected chi connectivity index (χ1v) is 6.45. The molecular formula is C13H18N2O4. The lowest BCUT2D eigenvalue weighted by Gasteiger charge is -2.29. The van der Waals surface area contributed by atoms with Gasteiger partial charge >= 0.3 is 5.97 Å². The largest absolute Gasteiger partial charge is 0.480 e. The average molecular weight is 266 g/mol. The maximum absolute atomic E-state index is 12.1. The molecular weight excluding hydrogens is 248 g/mol. The highest BCUT2D eigenvalue weighted by Gasteiger charge is 2.25. The Morgan fingerprint density at radius 2 is 2.21 bits per heavy atom. The number of amides is 1. The zero-order chi connectivity index (χ0) is 13.8. The minimum atomic E-state index is -1.14. The molecule has 1 saturated carbocycles. The number of aliphatic hydroxyl groups is 1. The molecule has 0 bridgehead atoms. The molecule has 0 saturated heterocycles. The number of nitrogens with zero attached hydrogens (tertiary/aromatic N) is 1. The van der Waals surface area contributed by atoms with Crippen molar-refractivity contribution >= 4 is 11.9 Å². The van der Waals surface area contributed by atoms with Gasteiger partial charge in [-0.15, -0.1) is 0 Å². The fourth-order valence-corrected chi connectivity index (χ4v) is 2.19. The van der Waals surface area contributed by atoms with E-state index in [0.717, 1.165) is 19.3 Å². The second-order valence-electron chi connectivity index (χ2n) is 4.76. The van der Waals surface area contributed by atoms with Crippen LogP contribution in [0.3, 0.4) is 0 Å². The van der Waals surface area contributed by atoms with Crippen LogP contribution in [0, 0.1) is 0 Å². The molecule has 3 N–H and O–H groups in total. The smallest absolute Gasteiger partial charge is 0.326 e. The van der Waals surface area contributed by atoms with E-state index in [9.17, 15) is 9.59 Å². The van der Waals surface area contributed by atoms with E-state index in [2.05, 4.69) is 5.32 Å². The van der Waals surface area contributed by atoms with Gasteiger partial charge in [0.05, 0.1) is 0 Å². The summed E-state index contributed by atoms with van der Waals surface area (Å²) in [4.78, 5) is 23.0. The van der Waals surface area contributed by atoms with E-state index in [1.165, 1.54) is 0 Å². The van der Waals surface area contributed by atoms with Crippen LogP contribution >= 0.6 is 0 Å². The summed E-state index contributed by atoms with van der Waals surface area (Å²) in [6.45, 7) is -0.277. The number of aliphatic carboxylic acids is 1. The van der Waals surface area contributed by atoms with Gasteiger partial charge < -0.3 is 20.1 Å². The van der Waals surface area contributed by atoms with Gasteiger partial charge in [-0.25, -0.2) is 4.79 Å². The van der Waals surface area contributed by atoms with Crippen LogP contribution in [0.15, 0.2) is 18.3 Å². The van der Waals surface area contributed by atoms with E-state index in [0.29, 0.717) is 11.7 Å². The molecule has 0 aromatic carbocycles. The van der Waals surface area contributed by atoms with Crippen LogP contribution in [0.5, 0.6) is 0 Å². The maximum Gasteiger partial charge on any atom is 0.326 e. The predicted molar refractivity (Wildman–Crippen MR) is 67.9 cm³/mol. The van der Waals surface area contributed by atoms with E-state index in [4.69, 9.17) is 10.2 Å². The van der Waals surface area contributed by atoms with Gasteiger partial charge in [0.15, 0.2) is 0 Å². The molecule has 0 spiro atoms. The lowest BCUT2D eigenvalue weighted by molar-refractivity contribution is -0.139. The number of hydrogen-bond acceptors (Lipinski definition) is 3. The molecule has 6 heteroatoms. The summed E-state index contributed by atoms with van der Waals surface area (Å²) < 4.78 is 1.90. The number of nitrogens with one attached hydrogen (secondary N) is 1. The molecule has 1 amide bonds. The quantitative estimate of drug-likeness (QED) is 0.709. The highest BCUT2D eigenvalue weighted by Crippen LogP contribution is 2.32. The highest BCUT2D eigenvalue weighted by molar-refractivity contribution is 5.95. The van der Waals surface area contributed by atoms with Crippen molar-refractivity contribution in [1.29, 1.82) is 0 Å². The maximum atomic E-state index is 12.1. The number of carboxylic acid groups (broad SMARTS) is 1. The molecule has 1 aliphatic carbocycles. The normalized spacial score (nSPS) is 16.7. The molecule has 0 aliphatic heterocycles. The third kappa shape index (κ3) is 2.96. The zero-order valence-corrected chi connectivity index (χ0v) is 10.6. The number of rotatable bonds is 6. The van der Waals surface area contributed by atoms with Crippen LogP contribution in [0.4, 0.5) is 0 Å². The van der Waals surface area contributed by atoms with Crippen molar-refractivity contribution < 1.29 is 19.8 Å². The van der Waals surface area contributed by atoms with Gasteiger partial charge in [-0.2, -0.15) is 0 Å². The number of carbonyl (C=O) groups excluding carboxylic acids is 1. The van der Waals surface area contributed by atoms with Crippen molar-refractivity contribution in [3.05, 3.63) is 24.0 Å². The van der Waals surface area contributed by atoms with Gasteiger partial charge in [0.25, 0.3) is 5.91 Å². The third-order valence-electron chi connectivity index (χ3n) is 3.50. The summed E-state index contributed by atoms with van der Waals surface area (Å²) in [7, 11) is 0. The van der Waals surface area contributed by atoms with Crippen LogP contribution < -0.4 is 5.32 Å². The van der Waals surface area contributed by atoms with Crippen LogP contribution in [0.2, 0.25) is 0 Å². The van der Waals surface area contributed by atoms with E-state index in [1.54, 1.807) is 12.1 Å². The summed E-state index contributed by atoms with van der Waals surface area (Å²) in [5.41, 5.74) is 0.480. The number of aromatic nitrogens is 1. The van der Waals surface area contributed by atoms with Crippen LogP contribution in [-0.4, -0.2) is 39.3 Å². The zero-order valence-electron chi connectivity index (χ0n) is 10.6. The van der Waals surface area contributed by atoms with E-state index >= 15 is 0 Å². The van der Waals surface area contributed by atoms with Crippen LogP contribution in [0.1, 0.15) is 42.2 Å². The molecule has 1 aromatic heterocycles. The van der Waals surface area contributed by atoms with Crippen molar-refractivity contribution in [2.24, 2.45) is 0 Å². The average Bonchev–Trinajstić information content (AvgIpc) is 2.74. The number of carboxylic acids is 1. The Labute approximate surface area is 111 Å². The monoisotopic (exact) mass is 266 g/mol. The molecule has 6 nitrogen and oxygen atoms in total.